The summed E-state index contributed by atoms with van der Waals surface area (Å²) >= 11 is 0. The van der Waals surface area contributed by atoms with E-state index in [0.29, 0.717) is 24.5 Å². The quantitative estimate of drug-likeness (QED) is 0.586. The molecule has 0 saturated carbocycles. The van der Waals surface area contributed by atoms with E-state index in [9.17, 15) is 18.0 Å². The third kappa shape index (κ3) is 5.31. The maximum absolute atomic E-state index is 13.0. The highest BCUT2D eigenvalue weighted by atomic mass is 35.5. The van der Waals surface area contributed by atoms with E-state index in [-0.39, 0.29) is 18.1 Å². The summed E-state index contributed by atoms with van der Waals surface area (Å²) in [7, 11) is 0. The van der Waals surface area contributed by atoms with E-state index >= 15 is 0 Å². The monoisotopic (exact) mass is 462 g/mol. The van der Waals surface area contributed by atoms with Crippen molar-refractivity contribution in [2.45, 2.75) is 6.18 Å². The lowest BCUT2D eigenvalue weighted by atomic mass is 10.1. The van der Waals surface area contributed by atoms with Gasteiger partial charge < -0.3 is 15.1 Å². The molecule has 1 aliphatic heterocycles. The third-order valence-electron chi connectivity index (χ3n) is 5.18. The summed E-state index contributed by atoms with van der Waals surface area (Å²) in [5.74, 6) is 0.0348. The second kappa shape index (κ2) is 9.91. The minimum Gasteiger partial charge on any atom is -0.368 e. The molecule has 0 unspecified atom stereocenters. The van der Waals surface area contributed by atoms with Gasteiger partial charge in [0.2, 0.25) is 0 Å². The molecule has 32 heavy (non-hydrogen) atoms. The number of carbonyl (C=O) groups excluding carboxylic acids is 1. The predicted octanol–water partition coefficient (Wildman–Crippen LogP) is 5.10. The van der Waals surface area contributed by atoms with Crippen LogP contribution in [0.1, 0.15) is 15.9 Å². The number of alkyl halides is 3. The standard InChI is InChI=1S/C23H21F3N4O.ClH/c24-23(25,26)17-6-4-7-18(16-17)28-22(31)20-10-5-11-27-21(20)30-14-12-29(13-15-30)19-8-2-1-3-9-19;/h1-11,16H,12-15H2,(H,28,31);1H. The molecule has 5 nitrogen and oxygen atoms in total. The number of halogens is 4. The zero-order valence-corrected chi connectivity index (χ0v) is 17.9. The lowest BCUT2D eigenvalue weighted by Gasteiger charge is -2.37. The van der Waals surface area contributed by atoms with Crippen LogP contribution in [0, 0.1) is 0 Å². The highest BCUT2D eigenvalue weighted by Crippen LogP contribution is 2.31. The van der Waals surface area contributed by atoms with E-state index in [1.54, 1.807) is 18.3 Å². The van der Waals surface area contributed by atoms with Gasteiger partial charge in [0.1, 0.15) is 5.82 Å². The third-order valence-corrected chi connectivity index (χ3v) is 5.18. The molecule has 1 N–H and O–H groups in total. The molecular formula is C23H22ClF3N4O. The first-order valence-corrected chi connectivity index (χ1v) is 9.90. The number of pyridine rings is 1. The first kappa shape index (κ1) is 23.4. The Morgan fingerprint density at radius 3 is 2.25 bits per heavy atom. The number of hydrogen-bond donors (Lipinski definition) is 1. The Kier molecular flexibility index (Phi) is 7.25. The molecule has 1 aliphatic rings. The number of para-hydroxylation sites is 1. The number of piperazine rings is 1. The number of carbonyl (C=O) groups is 1. The summed E-state index contributed by atoms with van der Waals surface area (Å²) in [4.78, 5) is 21.5. The fourth-order valence-corrected chi connectivity index (χ4v) is 3.61. The van der Waals surface area contributed by atoms with Crippen molar-refractivity contribution in [2.24, 2.45) is 0 Å². The smallest absolute Gasteiger partial charge is 0.368 e. The number of anilines is 3. The van der Waals surface area contributed by atoms with Crippen molar-refractivity contribution in [3.8, 4) is 0 Å². The van der Waals surface area contributed by atoms with Crippen molar-refractivity contribution in [3.05, 3.63) is 84.1 Å². The Morgan fingerprint density at radius 2 is 1.56 bits per heavy atom. The van der Waals surface area contributed by atoms with Gasteiger partial charge in [-0.05, 0) is 42.5 Å². The molecule has 2 heterocycles. The Balaban J connectivity index is 0.00000289. The van der Waals surface area contributed by atoms with Crippen molar-refractivity contribution >= 4 is 35.5 Å². The molecule has 0 aliphatic carbocycles. The van der Waals surface area contributed by atoms with Gasteiger partial charge in [0.15, 0.2) is 0 Å². The fraction of sp³-hybridized carbons (Fsp3) is 0.217. The first-order valence-electron chi connectivity index (χ1n) is 9.90. The SMILES string of the molecule is Cl.O=C(Nc1cccc(C(F)(F)F)c1)c1cccnc1N1CCN(c2ccccc2)CC1. The maximum Gasteiger partial charge on any atom is 0.416 e. The zero-order chi connectivity index (χ0) is 21.8. The lowest BCUT2D eigenvalue weighted by molar-refractivity contribution is -0.137. The number of amides is 1. The Hall–Kier alpha value is -3.26. The Labute approximate surface area is 190 Å². The largest absolute Gasteiger partial charge is 0.416 e. The van der Waals surface area contributed by atoms with Gasteiger partial charge in [-0.3, -0.25) is 4.79 Å². The molecule has 1 saturated heterocycles. The predicted molar refractivity (Wildman–Crippen MR) is 122 cm³/mol. The van der Waals surface area contributed by atoms with Crippen molar-refractivity contribution in [1.82, 2.24) is 4.98 Å². The second-order valence-corrected chi connectivity index (χ2v) is 7.22. The normalized spacial score (nSPS) is 14.0. The van der Waals surface area contributed by atoms with E-state index in [4.69, 9.17) is 0 Å². The molecule has 2 aromatic carbocycles. The number of nitrogens with zero attached hydrogens (tertiary/aromatic N) is 3. The second-order valence-electron chi connectivity index (χ2n) is 7.22. The summed E-state index contributed by atoms with van der Waals surface area (Å²) in [6, 6.07) is 18.0. The van der Waals surface area contributed by atoms with Crippen LogP contribution >= 0.6 is 12.4 Å². The van der Waals surface area contributed by atoms with E-state index in [1.807, 2.05) is 23.1 Å². The molecule has 0 atom stereocenters. The van der Waals surface area contributed by atoms with Crippen molar-refractivity contribution in [1.29, 1.82) is 0 Å². The molecule has 1 aromatic heterocycles. The van der Waals surface area contributed by atoms with Gasteiger partial charge in [-0.1, -0.05) is 24.3 Å². The fourth-order valence-electron chi connectivity index (χ4n) is 3.61. The van der Waals surface area contributed by atoms with Gasteiger partial charge in [0, 0.05) is 43.8 Å². The maximum atomic E-state index is 13.0. The van der Waals surface area contributed by atoms with Crippen LogP contribution in [-0.4, -0.2) is 37.1 Å². The molecule has 168 valence electrons. The number of aromatic nitrogens is 1. The molecule has 1 fully saturated rings. The highest BCUT2D eigenvalue weighted by Gasteiger charge is 2.30. The van der Waals surface area contributed by atoms with Crippen LogP contribution in [0.25, 0.3) is 0 Å². The van der Waals surface area contributed by atoms with E-state index < -0.39 is 17.6 Å². The number of hydrogen-bond acceptors (Lipinski definition) is 4. The molecule has 0 radical (unpaired) electrons. The molecule has 3 aromatic rings. The summed E-state index contributed by atoms with van der Waals surface area (Å²) in [6.45, 7) is 2.90. The molecule has 9 heteroatoms. The summed E-state index contributed by atoms with van der Waals surface area (Å²) in [5.41, 5.74) is 0.746. The van der Waals surface area contributed by atoms with Crippen LogP contribution < -0.4 is 15.1 Å². The van der Waals surface area contributed by atoms with Gasteiger partial charge in [0.25, 0.3) is 5.91 Å². The zero-order valence-electron chi connectivity index (χ0n) is 17.0. The summed E-state index contributed by atoms with van der Waals surface area (Å²) in [5, 5.41) is 2.57. The van der Waals surface area contributed by atoms with Crippen molar-refractivity contribution < 1.29 is 18.0 Å². The number of rotatable bonds is 4. The topological polar surface area (TPSA) is 48.5 Å². The molecule has 1 amide bonds. The number of benzene rings is 2. The van der Waals surface area contributed by atoms with Gasteiger partial charge in [-0.25, -0.2) is 4.98 Å². The Bertz CT molecular complexity index is 1050. The Morgan fingerprint density at radius 1 is 0.875 bits per heavy atom. The van der Waals surface area contributed by atoms with Gasteiger partial charge in [-0.15, -0.1) is 12.4 Å². The molecule has 0 spiro atoms. The van der Waals surface area contributed by atoms with Crippen molar-refractivity contribution in [3.63, 3.8) is 0 Å². The highest BCUT2D eigenvalue weighted by molar-refractivity contribution is 6.07. The van der Waals surface area contributed by atoms with Crippen LogP contribution in [0.5, 0.6) is 0 Å². The van der Waals surface area contributed by atoms with Crippen LogP contribution in [0.15, 0.2) is 72.9 Å². The van der Waals surface area contributed by atoms with Crippen LogP contribution in [0.2, 0.25) is 0 Å². The molecule has 4 rings (SSSR count). The average Bonchev–Trinajstić information content (AvgIpc) is 2.79. The molecular weight excluding hydrogens is 441 g/mol. The summed E-state index contributed by atoms with van der Waals surface area (Å²) in [6.07, 6.45) is -2.86. The molecule has 0 bridgehead atoms. The first-order chi connectivity index (χ1) is 14.9. The van der Waals surface area contributed by atoms with E-state index in [2.05, 4.69) is 27.3 Å². The van der Waals surface area contributed by atoms with Gasteiger partial charge in [0.05, 0.1) is 11.1 Å². The van der Waals surface area contributed by atoms with Crippen molar-refractivity contribution in [2.75, 3.05) is 41.3 Å². The van der Waals surface area contributed by atoms with E-state index in [1.165, 1.54) is 12.1 Å². The number of nitrogens with one attached hydrogen (secondary N) is 1. The lowest BCUT2D eigenvalue weighted by Crippen LogP contribution is -2.47. The van der Waals surface area contributed by atoms with Gasteiger partial charge >= 0.3 is 6.18 Å². The minimum absolute atomic E-state index is 0. The van der Waals surface area contributed by atoms with E-state index in [0.717, 1.165) is 30.9 Å². The van der Waals surface area contributed by atoms with Crippen LogP contribution in [0.3, 0.4) is 0 Å². The van der Waals surface area contributed by atoms with Gasteiger partial charge in [-0.2, -0.15) is 13.2 Å². The van der Waals surface area contributed by atoms with Crippen LogP contribution in [0.4, 0.5) is 30.4 Å². The van der Waals surface area contributed by atoms with Crippen LogP contribution in [-0.2, 0) is 6.18 Å². The average molecular weight is 463 g/mol. The minimum atomic E-state index is -4.47. The summed E-state index contributed by atoms with van der Waals surface area (Å²) < 4.78 is 38.9.